The largest absolute Gasteiger partial charge is 0.480 e. The van der Waals surface area contributed by atoms with Crippen LogP contribution in [0.3, 0.4) is 0 Å². The van der Waals surface area contributed by atoms with Crippen LogP contribution in [0.2, 0.25) is 0 Å². The number of sulfonamides is 1. The Kier molecular flexibility index (Phi) is 2.87. The third-order valence-corrected chi connectivity index (χ3v) is 2.93. The molecule has 0 aliphatic rings. The zero-order valence-electron chi connectivity index (χ0n) is 7.26. The van der Waals surface area contributed by atoms with Gasteiger partial charge in [0.1, 0.15) is 6.04 Å². The second-order valence-corrected chi connectivity index (χ2v) is 4.28. The van der Waals surface area contributed by atoms with Crippen LogP contribution in [-0.2, 0) is 14.8 Å². The highest BCUT2D eigenvalue weighted by molar-refractivity contribution is 7.89. The van der Waals surface area contributed by atoms with Gasteiger partial charge >= 0.3 is 5.97 Å². The second kappa shape index (κ2) is 3.76. The first kappa shape index (κ1) is 10.7. The molecule has 1 heterocycles. The average molecular weight is 219 g/mol. The number of carboxylic acid groups (broad SMARTS) is 1. The van der Waals surface area contributed by atoms with Gasteiger partial charge in [-0.1, -0.05) is 0 Å². The van der Waals surface area contributed by atoms with E-state index >= 15 is 0 Å². The van der Waals surface area contributed by atoms with Crippen LogP contribution in [0.15, 0.2) is 17.6 Å². The molecule has 0 aliphatic heterocycles. The molecule has 1 aromatic heterocycles. The molecule has 0 amide bonds. The number of hydrogen-bond acceptors (Lipinski definition) is 4. The molecule has 1 aromatic rings. The van der Waals surface area contributed by atoms with Crippen LogP contribution < -0.4 is 4.72 Å². The van der Waals surface area contributed by atoms with Crippen LogP contribution in [0.5, 0.6) is 0 Å². The molecule has 8 heteroatoms. The predicted molar refractivity (Wildman–Crippen MR) is 46.0 cm³/mol. The van der Waals surface area contributed by atoms with Crippen molar-refractivity contribution >= 4 is 16.0 Å². The van der Waals surface area contributed by atoms with Gasteiger partial charge in [-0.25, -0.2) is 13.4 Å². The van der Waals surface area contributed by atoms with Crippen LogP contribution in [0, 0.1) is 0 Å². The van der Waals surface area contributed by atoms with Gasteiger partial charge in [-0.05, 0) is 6.92 Å². The van der Waals surface area contributed by atoms with Crippen molar-refractivity contribution in [2.75, 3.05) is 0 Å². The molecule has 0 bridgehead atoms. The summed E-state index contributed by atoms with van der Waals surface area (Å²) in [5, 5.41) is 8.33. The van der Waals surface area contributed by atoms with Gasteiger partial charge in [0.2, 0.25) is 0 Å². The number of imidazole rings is 1. The normalized spacial score (nSPS) is 13.8. The first-order chi connectivity index (χ1) is 6.43. The maximum Gasteiger partial charge on any atom is 0.321 e. The third-order valence-electron chi connectivity index (χ3n) is 1.47. The van der Waals surface area contributed by atoms with Crippen molar-refractivity contribution in [2.45, 2.75) is 18.0 Å². The second-order valence-electron chi connectivity index (χ2n) is 2.60. The number of aliphatic carboxylic acids is 1. The first-order valence-electron chi connectivity index (χ1n) is 3.67. The molecule has 0 aromatic carbocycles. The van der Waals surface area contributed by atoms with Crippen molar-refractivity contribution in [1.29, 1.82) is 0 Å². The van der Waals surface area contributed by atoms with Crippen molar-refractivity contribution in [3.05, 3.63) is 12.5 Å². The lowest BCUT2D eigenvalue weighted by Gasteiger charge is -2.07. The molecule has 3 N–H and O–H groups in total. The fourth-order valence-electron chi connectivity index (χ4n) is 0.737. The number of H-pyrrole nitrogens is 1. The van der Waals surface area contributed by atoms with Crippen LogP contribution in [0.25, 0.3) is 0 Å². The molecule has 0 fully saturated rings. The zero-order valence-corrected chi connectivity index (χ0v) is 8.08. The number of hydrogen-bond donors (Lipinski definition) is 3. The lowest BCUT2D eigenvalue weighted by Crippen LogP contribution is -2.38. The quantitative estimate of drug-likeness (QED) is 0.611. The fraction of sp³-hybridized carbons (Fsp3) is 0.333. The number of aromatic amines is 1. The van der Waals surface area contributed by atoms with Crippen molar-refractivity contribution in [1.82, 2.24) is 14.7 Å². The Morgan fingerprint density at radius 3 is 2.79 bits per heavy atom. The van der Waals surface area contributed by atoms with Gasteiger partial charge in [0.05, 0.1) is 12.5 Å². The Hall–Kier alpha value is -1.41. The maximum atomic E-state index is 11.4. The lowest BCUT2D eigenvalue weighted by molar-refractivity contribution is -0.138. The standard InChI is InChI=1S/C6H9N3O4S/c1-4(6(10)11)9-14(12,13)5-2-7-3-8-5/h2-4,9H,1H3,(H,7,8)(H,10,11). The van der Waals surface area contributed by atoms with E-state index < -0.39 is 22.0 Å². The highest BCUT2D eigenvalue weighted by Crippen LogP contribution is 2.02. The van der Waals surface area contributed by atoms with Crippen molar-refractivity contribution in [2.24, 2.45) is 0 Å². The number of carbonyl (C=O) groups is 1. The Labute approximate surface area is 80.2 Å². The van der Waals surface area contributed by atoms with E-state index in [0.29, 0.717) is 0 Å². The van der Waals surface area contributed by atoms with Crippen LogP contribution in [0.1, 0.15) is 6.92 Å². The summed E-state index contributed by atoms with van der Waals surface area (Å²) in [6.07, 6.45) is 2.29. The van der Waals surface area contributed by atoms with Crippen LogP contribution >= 0.6 is 0 Å². The smallest absolute Gasteiger partial charge is 0.321 e. The van der Waals surface area contributed by atoms with Crippen LogP contribution in [0.4, 0.5) is 0 Å². The SMILES string of the molecule is CC(NS(=O)(=O)c1cnc[nH]1)C(=O)O. The minimum Gasteiger partial charge on any atom is -0.480 e. The minimum atomic E-state index is -3.81. The van der Waals surface area contributed by atoms with Crippen molar-refractivity contribution < 1.29 is 18.3 Å². The highest BCUT2D eigenvalue weighted by Gasteiger charge is 2.22. The van der Waals surface area contributed by atoms with Crippen molar-refractivity contribution in [3.63, 3.8) is 0 Å². The van der Waals surface area contributed by atoms with E-state index in [-0.39, 0.29) is 5.03 Å². The van der Waals surface area contributed by atoms with E-state index in [1.165, 1.54) is 13.3 Å². The minimum absolute atomic E-state index is 0.161. The first-order valence-corrected chi connectivity index (χ1v) is 5.15. The third kappa shape index (κ3) is 2.30. The molecule has 0 spiro atoms. The van der Waals surface area contributed by atoms with E-state index in [9.17, 15) is 13.2 Å². The molecule has 0 aliphatic carbocycles. The lowest BCUT2D eigenvalue weighted by atomic mass is 10.4. The molecule has 1 rings (SSSR count). The fourth-order valence-corrected chi connectivity index (χ4v) is 1.84. The van der Waals surface area contributed by atoms with E-state index in [4.69, 9.17) is 5.11 Å². The Bertz CT molecular complexity index is 410. The summed E-state index contributed by atoms with van der Waals surface area (Å²) in [4.78, 5) is 16.3. The van der Waals surface area contributed by atoms with Gasteiger partial charge in [0, 0.05) is 0 Å². The number of nitrogens with zero attached hydrogens (tertiary/aromatic N) is 1. The Morgan fingerprint density at radius 1 is 1.71 bits per heavy atom. The zero-order chi connectivity index (χ0) is 10.8. The summed E-state index contributed by atoms with van der Waals surface area (Å²) < 4.78 is 24.7. The number of aromatic nitrogens is 2. The summed E-state index contributed by atoms with van der Waals surface area (Å²) in [5.41, 5.74) is 0. The summed E-state index contributed by atoms with van der Waals surface area (Å²) in [6.45, 7) is 1.23. The summed E-state index contributed by atoms with van der Waals surface area (Å²) >= 11 is 0. The van der Waals surface area contributed by atoms with Gasteiger partial charge in [0.25, 0.3) is 10.0 Å². The topological polar surface area (TPSA) is 112 Å². The molecule has 0 saturated heterocycles. The van der Waals surface area contributed by atoms with E-state index in [1.54, 1.807) is 0 Å². The Morgan fingerprint density at radius 2 is 2.36 bits per heavy atom. The molecule has 7 nitrogen and oxygen atoms in total. The van der Waals surface area contributed by atoms with Crippen LogP contribution in [-0.4, -0.2) is 35.5 Å². The molecule has 0 saturated carbocycles. The van der Waals surface area contributed by atoms with E-state index in [2.05, 4.69) is 9.97 Å². The summed E-state index contributed by atoms with van der Waals surface area (Å²) in [6, 6.07) is -1.18. The number of carboxylic acids is 1. The summed E-state index contributed by atoms with van der Waals surface area (Å²) in [5.74, 6) is -1.24. The van der Waals surface area contributed by atoms with E-state index in [1.807, 2.05) is 4.72 Å². The van der Waals surface area contributed by atoms with Gasteiger partial charge in [0.15, 0.2) is 5.03 Å². The molecule has 1 atom stereocenters. The molecule has 0 radical (unpaired) electrons. The van der Waals surface area contributed by atoms with Gasteiger partial charge in [-0.15, -0.1) is 0 Å². The maximum absolute atomic E-state index is 11.4. The molecule has 78 valence electrons. The molecule has 1 unspecified atom stereocenters. The van der Waals surface area contributed by atoms with Crippen molar-refractivity contribution in [3.8, 4) is 0 Å². The number of nitrogens with one attached hydrogen (secondary N) is 2. The molecular formula is C6H9N3O4S. The van der Waals surface area contributed by atoms with Gasteiger partial charge in [-0.2, -0.15) is 4.72 Å². The monoisotopic (exact) mass is 219 g/mol. The summed E-state index contributed by atoms with van der Waals surface area (Å²) in [7, 11) is -3.81. The average Bonchev–Trinajstić information content (AvgIpc) is 2.54. The highest BCUT2D eigenvalue weighted by atomic mass is 32.2. The molecular weight excluding hydrogens is 210 g/mol. The molecule has 14 heavy (non-hydrogen) atoms. The predicted octanol–water partition coefficient (Wildman–Crippen LogP) is -0.839. The van der Waals surface area contributed by atoms with Gasteiger partial charge in [-0.3, -0.25) is 4.79 Å². The van der Waals surface area contributed by atoms with E-state index in [0.717, 1.165) is 6.20 Å². The van der Waals surface area contributed by atoms with Gasteiger partial charge < -0.3 is 10.1 Å². The Balaban J connectivity index is 2.84. The number of rotatable bonds is 4.